The van der Waals surface area contributed by atoms with Crippen LogP contribution in [-0.2, 0) is 16.6 Å². The first-order valence-corrected chi connectivity index (χ1v) is 8.26. The van der Waals surface area contributed by atoms with Gasteiger partial charge in [0.15, 0.2) is 0 Å². The van der Waals surface area contributed by atoms with Gasteiger partial charge >= 0.3 is 0 Å². The molecule has 6 nitrogen and oxygen atoms in total. The minimum atomic E-state index is -3.39. The summed E-state index contributed by atoms with van der Waals surface area (Å²) < 4.78 is 29.0. The van der Waals surface area contributed by atoms with Crippen LogP contribution in [0.1, 0.15) is 6.42 Å². The molecule has 18 heavy (non-hydrogen) atoms. The van der Waals surface area contributed by atoms with E-state index in [0.29, 0.717) is 23.7 Å². The number of halogens is 1. The van der Waals surface area contributed by atoms with Gasteiger partial charge in [-0.1, -0.05) is 5.21 Å². The van der Waals surface area contributed by atoms with E-state index in [1.165, 1.54) is 11.3 Å². The number of hydrogen-bond acceptors (Lipinski definition) is 5. The van der Waals surface area contributed by atoms with E-state index in [1.54, 1.807) is 29.2 Å². The second-order valence-electron chi connectivity index (χ2n) is 3.48. The van der Waals surface area contributed by atoms with Gasteiger partial charge in [-0.25, -0.2) is 13.1 Å². The van der Waals surface area contributed by atoms with Crippen LogP contribution in [-0.4, -0.2) is 30.0 Å². The Hall–Kier alpha value is -0.770. The molecule has 0 radical (unpaired) electrons. The van der Waals surface area contributed by atoms with Crippen molar-refractivity contribution in [3.8, 4) is 0 Å². The van der Waals surface area contributed by atoms with E-state index in [2.05, 4.69) is 31.0 Å². The molecule has 0 saturated heterocycles. The number of hydrogen-bond donors (Lipinski definition) is 1. The molecule has 0 bridgehead atoms. The van der Waals surface area contributed by atoms with Gasteiger partial charge in [0.2, 0.25) is 10.0 Å². The maximum absolute atomic E-state index is 11.9. The summed E-state index contributed by atoms with van der Waals surface area (Å²) in [6, 6.07) is 3.29. The molecule has 0 fully saturated rings. The van der Waals surface area contributed by atoms with E-state index < -0.39 is 10.0 Å². The molecule has 0 atom stereocenters. The van der Waals surface area contributed by atoms with Crippen LogP contribution in [0.5, 0.6) is 0 Å². The summed E-state index contributed by atoms with van der Waals surface area (Å²) in [5.41, 5.74) is 0. The number of nitrogens with zero attached hydrogens (tertiary/aromatic N) is 3. The van der Waals surface area contributed by atoms with Gasteiger partial charge in [0.05, 0.1) is 9.98 Å². The highest BCUT2D eigenvalue weighted by atomic mass is 79.9. The van der Waals surface area contributed by atoms with Crippen LogP contribution in [0.4, 0.5) is 0 Å². The van der Waals surface area contributed by atoms with Crippen molar-refractivity contribution >= 4 is 37.3 Å². The highest BCUT2D eigenvalue weighted by Crippen LogP contribution is 2.25. The van der Waals surface area contributed by atoms with Crippen molar-refractivity contribution in [3.63, 3.8) is 0 Å². The van der Waals surface area contributed by atoms with Gasteiger partial charge in [0, 0.05) is 19.3 Å². The summed E-state index contributed by atoms with van der Waals surface area (Å²) in [6.07, 6.45) is 3.99. The fourth-order valence-corrected chi connectivity index (χ4v) is 4.44. The molecule has 0 aliphatic carbocycles. The Labute approximate surface area is 117 Å². The molecule has 2 aromatic rings. The summed E-state index contributed by atoms with van der Waals surface area (Å²) in [6.45, 7) is 1.01. The SMILES string of the molecule is O=S(=O)(NCCCn1ccnn1)c1ccc(Br)s1. The predicted octanol–water partition coefficient (Wildman–Crippen LogP) is 1.47. The van der Waals surface area contributed by atoms with Crippen LogP contribution >= 0.6 is 27.3 Å². The molecule has 2 aromatic heterocycles. The number of aryl methyl sites for hydroxylation is 1. The van der Waals surface area contributed by atoms with Gasteiger partial charge in [0.25, 0.3) is 0 Å². The summed E-state index contributed by atoms with van der Waals surface area (Å²) in [5, 5.41) is 7.47. The maximum Gasteiger partial charge on any atom is 0.250 e. The average Bonchev–Trinajstić information content (AvgIpc) is 2.95. The molecule has 0 saturated carbocycles. The van der Waals surface area contributed by atoms with Crippen molar-refractivity contribution < 1.29 is 8.42 Å². The van der Waals surface area contributed by atoms with E-state index in [-0.39, 0.29) is 0 Å². The first-order valence-electron chi connectivity index (χ1n) is 5.17. The molecule has 0 unspecified atom stereocenters. The minimum Gasteiger partial charge on any atom is -0.253 e. The van der Waals surface area contributed by atoms with Crippen LogP contribution in [0.15, 0.2) is 32.5 Å². The quantitative estimate of drug-likeness (QED) is 0.800. The van der Waals surface area contributed by atoms with Gasteiger partial charge in [-0.05, 0) is 34.5 Å². The summed E-state index contributed by atoms with van der Waals surface area (Å²) in [5.74, 6) is 0. The van der Waals surface area contributed by atoms with E-state index >= 15 is 0 Å². The highest BCUT2D eigenvalue weighted by molar-refractivity contribution is 9.11. The highest BCUT2D eigenvalue weighted by Gasteiger charge is 2.15. The number of sulfonamides is 1. The first kappa shape index (κ1) is 13.7. The summed E-state index contributed by atoms with van der Waals surface area (Å²) >= 11 is 4.43. The first-order chi connectivity index (χ1) is 8.58. The van der Waals surface area contributed by atoms with Crippen LogP contribution in [0.25, 0.3) is 0 Å². The lowest BCUT2D eigenvalue weighted by molar-refractivity contribution is 0.543. The fraction of sp³-hybridized carbons (Fsp3) is 0.333. The Balaban J connectivity index is 1.82. The molecule has 98 valence electrons. The molecule has 9 heteroatoms. The van der Waals surface area contributed by atoms with Crippen molar-refractivity contribution in [3.05, 3.63) is 28.3 Å². The molecule has 2 heterocycles. The van der Waals surface area contributed by atoms with E-state index in [1.807, 2.05) is 0 Å². The Bertz CT molecular complexity index is 594. The molecule has 2 rings (SSSR count). The molecular formula is C9H11BrN4O2S2. The van der Waals surface area contributed by atoms with Gasteiger partial charge < -0.3 is 0 Å². The van der Waals surface area contributed by atoms with Gasteiger partial charge in [-0.15, -0.1) is 16.4 Å². The van der Waals surface area contributed by atoms with Crippen LogP contribution in [0.2, 0.25) is 0 Å². The standard InChI is InChI=1S/C9H11BrN4O2S2/c10-8-2-3-9(17-8)18(15,16)12-4-1-6-14-7-5-11-13-14/h2-3,5,7,12H,1,4,6H2. The molecule has 0 aliphatic rings. The van der Waals surface area contributed by atoms with Crippen molar-refractivity contribution in [2.75, 3.05) is 6.54 Å². The lowest BCUT2D eigenvalue weighted by Gasteiger charge is -2.04. The second-order valence-corrected chi connectivity index (χ2v) is 7.93. The lowest BCUT2D eigenvalue weighted by Crippen LogP contribution is -2.24. The third-order valence-electron chi connectivity index (χ3n) is 2.14. The average molecular weight is 351 g/mol. The topological polar surface area (TPSA) is 76.9 Å². The lowest BCUT2D eigenvalue weighted by atomic mass is 10.4. The van der Waals surface area contributed by atoms with Crippen LogP contribution < -0.4 is 4.72 Å². The Morgan fingerprint density at radius 2 is 2.28 bits per heavy atom. The Kier molecular flexibility index (Phi) is 4.49. The zero-order chi connectivity index (χ0) is 13.0. The third kappa shape index (κ3) is 3.61. The smallest absolute Gasteiger partial charge is 0.250 e. The molecule has 0 spiro atoms. The Morgan fingerprint density at radius 3 is 2.89 bits per heavy atom. The summed E-state index contributed by atoms with van der Waals surface area (Å²) in [4.78, 5) is 0. The molecule has 0 aliphatic heterocycles. The van der Waals surface area contributed by atoms with E-state index in [0.717, 1.165) is 3.79 Å². The van der Waals surface area contributed by atoms with Crippen LogP contribution in [0.3, 0.4) is 0 Å². The van der Waals surface area contributed by atoms with E-state index in [4.69, 9.17) is 0 Å². The monoisotopic (exact) mass is 350 g/mol. The van der Waals surface area contributed by atoms with E-state index in [9.17, 15) is 8.42 Å². The van der Waals surface area contributed by atoms with Gasteiger partial charge in [-0.2, -0.15) is 0 Å². The third-order valence-corrected chi connectivity index (χ3v) is 5.72. The number of aromatic nitrogens is 3. The predicted molar refractivity (Wildman–Crippen MR) is 71.8 cm³/mol. The molecule has 0 amide bonds. The van der Waals surface area contributed by atoms with Crippen LogP contribution in [0, 0.1) is 0 Å². The number of thiophene rings is 1. The van der Waals surface area contributed by atoms with Gasteiger partial charge in [-0.3, -0.25) is 4.68 Å². The second kappa shape index (κ2) is 5.91. The number of rotatable bonds is 6. The zero-order valence-electron chi connectivity index (χ0n) is 9.28. The zero-order valence-corrected chi connectivity index (χ0v) is 12.5. The molecular weight excluding hydrogens is 340 g/mol. The number of nitrogens with one attached hydrogen (secondary N) is 1. The van der Waals surface area contributed by atoms with Crippen molar-refractivity contribution in [2.24, 2.45) is 0 Å². The minimum absolute atomic E-state index is 0.315. The van der Waals surface area contributed by atoms with Crippen molar-refractivity contribution in [1.82, 2.24) is 19.7 Å². The van der Waals surface area contributed by atoms with Crippen molar-refractivity contribution in [1.29, 1.82) is 0 Å². The van der Waals surface area contributed by atoms with Crippen molar-refractivity contribution in [2.45, 2.75) is 17.2 Å². The largest absolute Gasteiger partial charge is 0.253 e. The normalized spacial score (nSPS) is 11.8. The molecule has 1 N–H and O–H groups in total. The maximum atomic E-state index is 11.9. The fourth-order valence-electron chi connectivity index (χ4n) is 1.31. The van der Waals surface area contributed by atoms with Gasteiger partial charge in [0.1, 0.15) is 4.21 Å². The Morgan fingerprint density at radius 1 is 1.44 bits per heavy atom. The molecule has 0 aromatic carbocycles. The summed E-state index contributed by atoms with van der Waals surface area (Å²) in [7, 11) is -3.39.